The van der Waals surface area contributed by atoms with Crippen LogP contribution in [0.25, 0.3) is 0 Å². The molecule has 2 amide bonds. The Morgan fingerprint density at radius 1 is 1.06 bits per heavy atom. The summed E-state index contributed by atoms with van der Waals surface area (Å²) in [6, 6.07) is 13.9. The highest BCUT2D eigenvalue weighted by atomic mass is 16.5. The van der Waals surface area contributed by atoms with Crippen LogP contribution in [-0.2, 0) is 9.53 Å². The number of fused-ring (bicyclic) bond motifs is 1. The van der Waals surface area contributed by atoms with Gasteiger partial charge in [0, 0.05) is 19.4 Å². The molecular formula is C26H29NO6. The molecule has 33 heavy (non-hydrogen) atoms. The largest absolute Gasteiger partial charge is 0.493 e. The van der Waals surface area contributed by atoms with E-state index in [1.807, 2.05) is 6.07 Å². The molecule has 1 N–H and O–H groups in total. The quantitative estimate of drug-likeness (QED) is 0.483. The van der Waals surface area contributed by atoms with Gasteiger partial charge in [-0.3, -0.25) is 19.3 Å². The summed E-state index contributed by atoms with van der Waals surface area (Å²) in [5.41, 5.74) is 1.47. The van der Waals surface area contributed by atoms with Crippen molar-refractivity contribution in [1.82, 2.24) is 4.90 Å². The van der Waals surface area contributed by atoms with E-state index >= 15 is 0 Å². The molecule has 2 aromatic carbocycles. The molecule has 0 bridgehead atoms. The molecule has 1 heterocycles. The highest BCUT2D eigenvalue weighted by Crippen LogP contribution is 2.29. The van der Waals surface area contributed by atoms with E-state index in [9.17, 15) is 19.5 Å². The van der Waals surface area contributed by atoms with Crippen LogP contribution in [0.2, 0.25) is 0 Å². The van der Waals surface area contributed by atoms with Crippen molar-refractivity contribution in [3.05, 3.63) is 65.2 Å². The van der Waals surface area contributed by atoms with Gasteiger partial charge < -0.3 is 14.6 Å². The number of ether oxygens (including phenoxy) is 2. The zero-order chi connectivity index (χ0) is 23.4. The van der Waals surface area contributed by atoms with E-state index in [-0.39, 0.29) is 42.8 Å². The van der Waals surface area contributed by atoms with E-state index in [1.165, 1.54) is 11.8 Å². The average Bonchev–Trinajstić information content (AvgIpc) is 3.06. The fourth-order valence-corrected chi connectivity index (χ4v) is 4.61. The normalized spacial score (nSPS) is 21.0. The highest BCUT2D eigenvalue weighted by Gasteiger charge is 2.35. The number of aliphatic hydroxyl groups excluding tert-OH is 1. The number of imide groups is 1. The fraction of sp³-hybridized carbons (Fsp3) is 0.423. The van der Waals surface area contributed by atoms with Crippen LogP contribution in [0, 0.1) is 5.92 Å². The summed E-state index contributed by atoms with van der Waals surface area (Å²) in [7, 11) is 0. The van der Waals surface area contributed by atoms with Gasteiger partial charge in [0.2, 0.25) is 0 Å². The molecule has 0 aromatic heterocycles. The smallest absolute Gasteiger partial charge is 0.302 e. The molecule has 4 rings (SSSR count). The van der Waals surface area contributed by atoms with E-state index < -0.39 is 6.10 Å². The van der Waals surface area contributed by atoms with Gasteiger partial charge >= 0.3 is 5.97 Å². The van der Waals surface area contributed by atoms with Gasteiger partial charge in [0.1, 0.15) is 11.9 Å². The molecule has 2 aliphatic rings. The second kappa shape index (κ2) is 10.2. The van der Waals surface area contributed by atoms with Gasteiger partial charge in [0.15, 0.2) is 0 Å². The van der Waals surface area contributed by atoms with Crippen molar-refractivity contribution in [2.45, 2.75) is 51.2 Å². The monoisotopic (exact) mass is 451 g/mol. The summed E-state index contributed by atoms with van der Waals surface area (Å²) in [5, 5.41) is 10.7. The maximum absolute atomic E-state index is 12.5. The van der Waals surface area contributed by atoms with Gasteiger partial charge in [0.05, 0.1) is 23.8 Å². The molecule has 1 aliphatic carbocycles. The number of hydrogen-bond acceptors (Lipinski definition) is 6. The Hall–Kier alpha value is -3.19. The number of hydrogen-bond donors (Lipinski definition) is 1. The molecule has 1 fully saturated rings. The van der Waals surface area contributed by atoms with Crippen LogP contribution in [0.1, 0.15) is 71.4 Å². The molecule has 1 saturated carbocycles. The van der Waals surface area contributed by atoms with Crippen molar-refractivity contribution >= 4 is 17.8 Å². The molecule has 7 heteroatoms. The van der Waals surface area contributed by atoms with Gasteiger partial charge in [0.25, 0.3) is 11.8 Å². The lowest BCUT2D eigenvalue weighted by Crippen LogP contribution is -2.33. The summed E-state index contributed by atoms with van der Waals surface area (Å²) in [4.78, 5) is 37.6. The minimum Gasteiger partial charge on any atom is -0.493 e. The minimum absolute atomic E-state index is 0.121. The number of benzene rings is 2. The van der Waals surface area contributed by atoms with Gasteiger partial charge in [-0.1, -0.05) is 30.7 Å². The number of rotatable bonds is 8. The number of esters is 1. The standard InChI is InChI=1S/C26H29NO6/c1-17(28)33-24-12-5-2-7-19(24)16-32-20-9-6-8-18(15-20)23(29)13-14-27-25(30)21-10-3-4-11-22(21)26(27)31/h3-4,6,8-11,15,19,23-24,29H,2,5,7,12-14,16H2,1H3/t19-,23+,24-/m0/s1. The SMILES string of the molecule is CC(=O)O[C@H]1CCCC[C@H]1COc1cccc([C@H](O)CCN2C(=O)c3ccccc3C2=O)c1. The summed E-state index contributed by atoms with van der Waals surface area (Å²) in [6.07, 6.45) is 3.19. The molecule has 0 radical (unpaired) electrons. The third-order valence-corrected chi connectivity index (χ3v) is 6.37. The Labute approximate surface area is 193 Å². The van der Waals surface area contributed by atoms with E-state index in [4.69, 9.17) is 9.47 Å². The van der Waals surface area contributed by atoms with Crippen molar-refractivity contribution in [2.75, 3.05) is 13.2 Å². The average molecular weight is 452 g/mol. The summed E-state index contributed by atoms with van der Waals surface area (Å²) in [6.45, 7) is 2.00. The topological polar surface area (TPSA) is 93.1 Å². The number of nitrogens with zero attached hydrogens (tertiary/aromatic N) is 1. The highest BCUT2D eigenvalue weighted by molar-refractivity contribution is 6.21. The minimum atomic E-state index is -0.846. The Bertz CT molecular complexity index is 1000. The van der Waals surface area contributed by atoms with Crippen molar-refractivity contribution < 1.29 is 29.0 Å². The molecule has 174 valence electrons. The first-order valence-corrected chi connectivity index (χ1v) is 11.5. The second-order valence-corrected chi connectivity index (χ2v) is 8.69. The molecule has 0 unspecified atom stereocenters. The van der Waals surface area contributed by atoms with Crippen LogP contribution in [0.4, 0.5) is 0 Å². The summed E-state index contributed by atoms with van der Waals surface area (Å²) < 4.78 is 11.4. The van der Waals surface area contributed by atoms with Crippen LogP contribution in [-0.4, -0.2) is 47.0 Å². The van der Waals surface area contributed by atoms with Gasteiger partial charge in [-0.05, 0) is 55.5 Å². The van der Waals surface area contributed by atoms with Crippen molar-refractivity contribution in [3.63, 3.8) is 0 Å². The Morgan fingerprint density at radius 2 is 1.76 bits per heavy atom. The lowest BCUT2D eigenvalue weighted by atomic mass is 9.87. The fourth-order valence-electron chi connectivity index (χ4n) is 4.61. The van der Waals surface area contributed by atoms with Crippen molar-refractivity contribution in [1.29, 1.82) is 0 Å². The number of amides is 2. The molecule has 1 aliphatic heterocycles. The van der Waals surface area contributed by atoms with Crippen LogP contribution in [0.15, 0.2) is 48.5 Å². The molecule has 3 atom stereocenters. The van der Waals surface area contributed by atoms with Crippen molar-refractivity contribution in [3.8, 4) is 5.75 Å². The lowest BCUT2D eigenvalue weighted by Gasteiger charge is -2.30. The van der Waals surface area contributed by atoms with Crippen LogP contribution in [0.3, 0.4) is 0 Å². The predicted molar refractivity (Wildman–Crippen MR) is 121 cm³/mol. The van der Waals surface area contributed by atoms with Crippen LogP contribution >= 0.6 is 0 Å². The predicted octanol–water partition coefficient (Wildman–Crippen LogP) is 3.91. The third-order valence-electron chi connectivity index (χ3n) is 6.37. The maximum atomic E-state index is 12.5. The van der Waals surface area contributed by atoms with Crippen LogP contribution < -0.4 is 4.74 Å². The Morgan fingerprint density at radius 3 is 2.45 bits per heavy atom. The molecule has 7 nitrogen and oxygen atoms in total. The van der Waals surface area contributed by atoms with E-state index in [2.05, 4.69) is 0 Å². The summed E-state index contributed by atoms with van der Waals surface area (Å²) in [5.74, 6) is -0.149. The molecular weight excluding hydrogens is 422 g/mol. The first-order chi connectivity index (χ1) is 15.9. The van der Waals surface area contributed by atoms with E-state index in [1.54, 1.807) is 42.5 Å². The van der Waals surface area contributed by atoms with Crippen molar-refractivity contribution in [2.24, 2.45) is 5.92 Å². The Balaban J connectivity index is 1.33. The molecule has 2 aromatic rings. The van der Waals surface area contributed by atoms with E-state index in [0.29, 0.717) is 29.0 Å². The second-order valence-electron chi connectivity index (χ2n) is 8.69. The lowest BCUT2D eigenvalue weighted by molar-refractivity contribution is -0.151. The van der Waals surface area contributed by atoms with E-state index in [0.717, 1.165) is 25.7 Å². The van der Waals surface area contributed by atoms with Gasteiger partial charge in [-0.2, -0.15) is 0 Å². The maximum Gasteiger partial charge on any atom is 0.302 e. The third kappa shape index (κ3) is 5.25. The van der Waals surface area contributed by atoms with Crippen LogP contribution in [0.5, 0.6) is 5.75 Å². The number of aliphatic hydroxyl groups is 1. The molecule has 0 saturated heterocycles. The zero-order valence-corrected chi connectivity index (χ0v) is 18.7. The number of carbonyl (C=O) groups is 3. The first kappa shape index (κ1) is 23.0. The molecule has 0 spiro atoms. The first-order valence-electron chi connectivity index (χ1n) is 11.5. The Kier molecular flexibility index (Phi) is 7.08. The summed E-state index contributed by atoms with van der Waals surface area (Å²) >= 11 is 0. The zero-order valence-electron chi connectivity index (χ0n) is 18.7. The number of carbonyl (C=O) groups excluding carboxylic acids is 3. The van der Waals surface area contributed by atoms with Gasteiger partial charge in [-0.15, -0.1) is 0 Å². The van der Waals surface area contributed by atoms with Gasteiger partial charge in [-0.25, -0.2) is 0 Å².